The van der Waals surface area contributed by atoms with Gasteiger partial charge in [0.2, 0.25) is 0 Å². The van der Waals surface area contributed by atoms with Crippen LogP contribution >= 0.6 is 0 Å². The average Bonchev–Trinajstić information content (AvgIpc) is 2.82. The third kappa shape index (κ3) is 2.30. The van der Waals surface area contributed by atoms with Gasteiger partial charge in [-0.1, -0.05) is 48.5 Å². The zero-order valence-electron chi connectivity index (χ0n) is 11.2. The molecule has 2 aromatic carbocycles. The quantitative estimate of drug-likeness (QED) is 0.785. The van der Waals surface area contributed by atoms with Crippen molar-refractivity contribution in [1.82, 2.24) is 5.32 Å². The number of amides is 1. The molecule has 0 unspecified atom stereocenters. The lowest BCUT2D eigenvalue weighted by Crippen LogP contribution is -2.23. The molecule has 3 nitrogen and oxygen atoms in total. The minimum atomic E-state index is -0.101. The lowest BCUT2D eigenvalue weighted by Gasteiger charge is -2.04. The highest BCUT2D eigenvalue weighted by Crippen LogP contribution is 2.25. The largest absolute Gasteiger partial charge is 0.461 e. The second-order valence-corrected chi connectivity index (χ2v) is 4.70. The van der Waals surface area contributed by atoms with Crippen LogP contribution in [0.3, 0.4) is 0 Å². The summed E-state index contributed by atoms with van der Waals surface area (Å²) in [7, 11) is 0. The van der Waals surface area contributed by atoms with Crippen LogP contribution < -0.4 is 5.32 Å². The number of nitrogens with one attached hydrogen (secondary N) is 1. The molecule has 0 saturated carbocycles. The summed E-state index contributed by atoms with van der Waals surface area (Å²) < 4.78 is 5.61. The van der Waals surface area contributed by atoms with Gasteiger partial charge in [0.1, 0.15) is 11.3 Å². The molecule has 0 radical (unpaired) electrons. The third-order valence-corrected chi connectivity index (χ3v) is 3.29. The van der Waals surface area contributed by atoms with Gasteiger partial charge in [-0.15, -0.1) is 0 Å². The molecule has 0 atom stereocenters. The third-order valence-electron chi connectivity index (χ3n) is 3.29. The topological polar surface area (TPSA) is 42.2 Å². The number of rotatable bonds is 3. The van der Waals surface area contributed by atoms with Crippen molar-refractivity contribution in [2.24, 2.45) is 0 Å². The second kappa shape index (κ2) is 5.21. The molecule has 3 heteroatoms. The first-order valence-electron chi connectivity index (χ1n) is 6.56. The molecule has 1 aromatic heterocycles. The fourth-order valence-electron chi connectivity index (χ4n) is 2.32. The van der Waals surface area contributed by atoms with Gasteiger partial charge in [0.15, 0.2) is 0 Å². The van der Waals surface area contributed by atoms with Crippen molar-refractivity contribution in [1.29, 1.82) is 0 Å². The lowest BCUT2D eigenvalue weighted by atomic mass is 10.1. The highest BCUT2D eigenvalue weighted by Gasteiger charge is 2.17. The molecule has 100 valence electrons. The number of hydrogen-bond acceptors (Lipinski definition) is 2. The summed E-state index contributed by atoms with van der Waals surface area (Å²) in [6.07, 6.45) is 0. The van der Waals surface area contributed by atoms with E-state index in [0.717, 1.165) is 16.5 Å². The van der Waals surface area contributed by atoms with Gasteiger partial charge < -0.3 is 9.73 Å². The maximum absolute atomic E-state index is 12.3. The number of aryl methyl sites for hydroxylation is 1. The Labute approximate surface area is 117 Å². The van der Waals surface area contributed by atoms with Gasteiger partial charge in [0.25, 0.3) is 5.91 Å². The maximum Gasteiger partial charge on any atom is 0.255 e. The van der Waals surface area contributed by atoms with Gasteiger partial charge in [-0.2, -0.15) is 0 Å². The number of benzene rings is 2. The van der Waals surface area contributed by atoms with Crippen molar-refractivity contribution in [2.75, 3.05) is 0 Å². The number of hydrogen-bond donors (Lipinski definition) is 1. The molecule has 0 fully saturated rings. The van der Waals surface area contributed by atoms with Gasteiger partial charge in [-0.25, -0.2) is 0 Å². The van der Waals surface area contributed by atoms with Crippen LogP contribution in [0.4, 0.5) is 0 Å². The Balaban J connectivity index is 1.84. The molecule has 20 heavy (non-hydrogen) atoms. The Morgan fingerprint density at radius 3 is 2.55 bits per heavy atom. The molecule has 1 heterocycles. The standard InChI is InChI=1S/C17H15NO2/c1-12-16(14-9-5-6-10-15(14)20-12)17(19)18-11-13-7-3-2-4-8-13/h2-10H,11H2,1H3,(H,18,19). The summed E-state index contributed by atoms with van der Waals surface area (Å²) in [6.45, 7) is 2.33. The molecule has 1 N–H and O–H groups in total. The van der Waals surface area contributed by atoms with Crippen molar-refractivity contribution in [2.45, 2.75) is 13.5 Å². The van der Waals surface area contributed by atoms with Crippen LogP contribution in [0, 0.1) is 6.92 Å². The Hall–Kier alpha value is -2.55. The first-order valence-corrected chi connectivity index (χ1v) is 6.56. The maximum atomic E-state index is 12.3. The Bertz CT molecular complexity index is 744. The zero-order valence-corrected chi connectivity index (χ0v) is 11.2. The molecule has 0 saturated heterocycles. The summed E-state index contributed by atoms with van der Waals surface area (Å²) in [4.78, 5) is 12.3. The number of carbonyl (C=O) groups excluding carboxylic acids is 1. The minimum Gasteiger partial charge on any atom is -0.461 e. The van der Waals surface area contributed by atoms with Crippen molar-refractivity contribution in [3.05, 3.63) is 71.5 Å². The number of fused-ring (bicyclic) bond motifs is 1. The molecule has 3 aromatic rings. The lowest BCUT2D eigenvalue weighted by molar-refractivity contribution is 0.0951. The fourth-order valence-corrected chi connectivity index (χ4v) is 2.32. The van der Waals surface area contributed by atoms with Crippen molar-refractivity contribution < 1.29 is 9.21 Å². The van der Waals surface area contributed by atoms with Gasteiger partial charge in [-0.05, 0) is 18.6 Å². The fraction of sp³-hybridized carbons (Fsp3) is 0.118. The van der Waals surface area contributed by atoms with Crippen LogP contribution in [0.5, 0.6) is 0 Å². The van der Waals surface area contributed by atoms with E-state index in [2.05, 4.69) is 5.32 Å². The molecule has 0 spiro atoms. The Morgan fingerprint density at radius 1 is 1.05 bits per heavy atom. The second-order valence-electron chi connectivity index (χ2n) is 4.70. The predicted molar refractivity (Wildman–Crippen MR) is 78.6 cm³/mol. The van der Waals surface area contributed by atoms with Gasteiger partial charge in [0.05, 0.1) is 5.56 Å². The monoisotopic (exact) mass is 265 g/mol. The van der Waals surface area contributed by atoms with Crippen LogP contribution in [0.15, 0.2) is 59.0 Å². The molecular weight excluding hydrogens is 250 g/mol. The summed E-state index contributed by atoms with van der Waals surface area (Å²) >= 11 is 0. The van der Waals surface area contributed by atoms with E-state index in [1.807, 2.05) is 61.5 Å². The summed E-state index contributed by atoms with van der Waals surface area (Å²) in [6, 6.07) is 17.4. The van der Waals surface area contributed by atoms with Gasteiger partial charge >= 0.3 is 0 Å². The summed E-state index contributed by atoms with van der Waals surface area (Å²) in [5.41, 5.74) is 2.44. The summed E-state index contributed by atoms with van der Waals surface area (Å²) in [5, 5.41) is 3.79. The molecule has 1 amide bonds. The molecule has 0 bridgehead atoms. The number of para-hydroxylation sites is 1. The smallest absolute Gasteiger partial charge is 0.255 e. The van der Waals surface area contributed by atoms with Crippen molar-refractivity contribution >= 4 is 16.9 Å². The van der Waals surface area contributed by atoms with Crippen LogP contribution in [-0.2, 0) is 6.54 Å². The molecule has 3 rings (SSSR count). The van der Waals surface area contributed by atoms with E-state index in [0.29, 0.717) is 17.9 Å². The van der Waals surface area contributed by atoms with Gasteiger partial charge in [-0.3, -0.25) is 4.79 Å². The molecule has 0 aliphatic rings. The van der Waals surface area contributed by atoms with E-state index in [-0.39, 0.29) is 5.91 Å². The van der Waals surface area contributed by atoms with Gasteiger partial charge in [0, 0.05) is 11.9 Å². The van der Waals surface area contributed by atoms with E-state index in [9.17, 15) is 4.79 Å². The van der Waals surface area contributed by atoms with Crippen LogP contribution in [0.1, 0.15) is 21.7 Å². The van der Waals surface area contributed by atoms with Crippen LogP contribution in [-0.4, -0.2) is 5.91 Å². The average molecular weight is 265 g/mol. The highest BCUT2D eigenvalue weighted by molar-refractivity contribution is 6.07. The zero-order chi connectivity index (χ0) is 13.9. The summed E-state index contributed by atoms with van der Waals surface area (Å²) in [5.74, 6) is 0.549. The van der Waals surface area contributed by atoms with Crippen LogP contribution in [0.25, 0.3) is 11.0 Å². The Kier molecular flexibility index (Phi) is 3.25. The molecule has 0 aliphatic heterocycles. The van der Waals surface area contributed by atoms with Crippen molar-refractivity contribution in [3.63, 3.8) is 0 Å². The number of furan rings is 1. The van der Waals surface area contributed by atoms with E-state index in [1.165, 1.54) is 0 Å². The van der Waals surface area contributed by atoms with E-state index >= 15 is 0 Å². The van der Waals surface area contributed by atoms with E-state index in [1.54, 1.807) is 0 Å². The predicted octanol–water partition coefficient (Wildman–Crippen LogP) is 3.67. The van der Waals surface area contributed by atoms with E-state index in [4.69, 9.17) is 4.42 Å². The highest BCUT2D eigenvalue weighted by atomic mass is 16.3. The molecule has 0 aliphatic carbocycles. The Morgan fingerprint density at radius 2 is 1.75 bits per heavy atom. The molecular formula is C17H15NO2. The first-order chi connectivity index (χ1) is 9.75. The van der Waals surface area contributed by atoms with Crippen molar-refractivity contribution in [3.8, 4) is 0 Å². The first kappa shape index (κ1) is 12.5. The minimum absolute atomic E-state index is 0.101. The van der Waals surface area contributed by atoms with Crippen LogP contribution in [0.2, 0.25) is 0 Å². The van der Waals surface area contributed by atoms with E-state index < -0.39 is 0 Å². The number of carbonyl (C=O) groups is 1. The normalized spacial score (nSPS) is 10.7. The SMILES string of the molecule is Cc1oc2ccccc2c1C(=O)NCc1ccccc1.